The zero-order chi connectivity index (χ0) is 40.2. The molecule has 2 atom stereocenters. The summed E-state index contributed by atoms with van der Waals surface area (Å²) in [5.74, 6) is 1.30. The number of fused-ring (bicyclic) bond motifs is 1. The lowest BCUT2D eigenvalue weighted by Crippen LogP contribution is -2.25. The Morgan fingerprint density at radius 1 is 0.857 bits per heavy atom. The van der Waals surface area contributed by atoms with Crippen molar-refractivity contribution in [1.82, 2.24) is 5.32 Å². The molecule has 2 unspecified atom stereocenters. The molecule has 1 saturated carbocycles. The zero-order valence-electron chi connectivity index (χ0n) is 33.6. The van der Waals surface area contributed by atoms with Gasteiger partial charge in [0.15, 0.2) is 0 Å². The van der Waals surface area contributed by atoms with Crippen LogP contribution in [0.15, 0.2) is 176 Å². The second-order valence-electron chi connectivity index (χ2n) is 14.6. The average molecular weight is 736 g/mol. The van der Waals surface area contributed by atoms with Crippen LogP contribution < -0.4 is 11.1 Å². The van der Waals surface area contributed by atoms with E-state index in [1.54, 1.807) is 6.08 Å². The molecule has 0 aliphatic heterocycles. The first-order valence-corrected chi connectivity index (χ1v) is 19.4. The summed E-state index contributed by atoms with van der Waals surface area (Å²) in [6, 6.07) is 21.7. The van der Waals surface area contributed by atoms with E-state index in [0.717, 1.165) is 87.3 Å². The van der Waals surface area contributed by atoms with E-state index in [2.05, 4.69) is 148 Å². The van der Waals surface area contributed by atoms with Gasteiger partial charge in [0, 0.05) is 23.9 Å². The molecule has 3 aromatic rings. The smallest absolute Gasteiger partial charge is 0.127 e. The quantitative estimate of drug-likeness (QED) is 0.0666. The first-order valence-electron chi connectivity index (χ1n) is 19.4. The molecule has 56 heavy (non-hydrogen) atoms. The predicted molar refractivity (Wildman–Crippen MR) is 248 cm³/mol. The van der Waals surface area contributed by atoms with E-state index in [1.165, 1.54) is 16.7 Å². The van der Waals surface area contributed by atoms with Crippen LogP contribution >= 0.6 is 0 Å². The molecule has 3 N–H and O–H groups in total. The van der Waals surface area contributed by atoms with Gasteiger partial charge >= 0.3 is 0 Å². The van der Waals surface area contributed by atoms with E-state index in [1.807, 2.05) is 50.4 Å². The maximum atomic E-state index is 6.75. The van der Waals surface area contributed by atoms with Gasteiger partial charge in [0.2, 0.25) is 0 Å². The molecule has 0 aromatic heterocycles. The van der Waals surface area contributed by atoms with Crippen molar-refractivity contribution in [1.29, 1.82) is 0 Å². The number of nitrogens with two attached hydrogens (primary N) is 1. The van der Waals surface area contributed by atoms with Crippen molar-refractivity contribution in [3.05, 3.63) is 216 Å². The van der Waals surface area contributed by atoms with Gasteiger partial charge in [-0.2, -0.15) is 0 Å². The first-order chi connectivity index (χ1) is 27.1. The molecular formula is C53H57N3. The zero-order valence-corrected chi connectivity index (χ0v) is 33.6. The molecule has 3 heteroatoms. The third-order valence-electron chi connectivity index (χ3n) is 11.1. The highest BCUT2D eigenvalue weighted by Crippen LogP contribution is 2.59. The molecule has 3 aromatic carbocycles. The van der Waals surface area contributed by atoms with Gasteiger partial charge in [-0.1, -0.05) is 166 Å². The Kier molecular flexibility index (Phi) is 13.8. The topological polar surface area (TPSA) is 50.4 Å². The Labute approximate surface area is 336 Å². The van der Waals surface area contributed by atoms with Crippen molar-refractivity contribution < 1.29 is 0 Å². The summed E-state index contributed by atoms with van der Waals surface area (Å²) in [5, 5.41) is 3.73. The molecular weight excluding hydrogens is 679 g/mol. The normalized spacial score (nSPS) is 20.3. The van der Waals surface area contributed by atoms with Crippen LogP contribution in [-0.4, -0.2) is 12.9 Å². The number of hydrogen-bond donors (Lipinski definition) is 2. The van der Waals surface area contributed by atoms with Crippen LogP contribution in [-0.2, 0) is 11.8 Å². The van der Waals surface area contributed by atoms with Crippen LogP contribution in [0.1, 0.15) is 84.0 Å². The van der Waals surface area contributed by atoms with Gasteiger partial charge in [0.1, 0.15) is 5.84 Å². The average Bonchev–Trinajstić information content (AvgIpc) is 3.92. The summed E-state index contributed by atoms with van der Waals surface area (Å²) < 4.78 is 0. The van der Waals surface area contributed by atoms with Gasteiger partial charge in [-0.3, -0.25) is 4.99 Å². The minimum Gasteiger partial charge on any atom is -0.398 e. The first kappa shape index (κ1) is 41.0. The van der Waals surface area contributed by atoms with Crippen molar-refractivity contribution in [3.8, 4) is 0 Å². The number of rotatable bonds is 16. The minimum absolute atomic E-state index is 0.0516. The van der Waals surface area contributed by atoms with Crippen molar-refractivity contribution >= 4 is 41.4 Å². The molecule has 0 radical (unpaired) electrons. The molecule has 284 valence electrons. The lowest BCUT2D eigenvalue weighted by Gasteiger charge is -2.21. The van der Waals surface area contributed by atoms with Crippen LogP contribution in [0.25, 0.3) is 35.6 Å². The van der Waals surface area contributed by atoms with Gasteiger partial charge < -0.3 is 11.1 Å². The largest absolute Gasteiger partial charge is 0.398 e. The van der Waals surface area contributed by atoms with E-state index < -0.39 is 0 Å². The van der Waals surface area contributed by atoms with Crippen LogP contribution in [0.4, 0.5) is 0 Å². The summed E-state index contributed by atoms with van der Waals surface area (Å²) in [4.78, 5) is 4.62. The number of nitrogens with zero attached hydrogens (tertiary/aromatic N) is 1. The van der Waals surface area contributed by atoms with Gasteiger partial charge in [-0.25, -0.2) is 0 Å². The highest BCUT2D eigenvalue weighted by molar-refractivity contribution is 5.99. The molecule has 2 aliphatic carbocycles. The van der Waals surface area contributed by atoms with Gasteiger partial charge in [0.05, 0.1) is 0 Å². The fourth-order valence-corrected chi connectivity index (χ4v) is 7.39. The summed E-state index contributed by atoms with van der Waals surface area (Å²) in [6.07, 6.45) is 29.5. The van der Waals surface area contributed by atoms with Gasteiger partial charge in [-0.15, -0.1) is 0 Å². The Morgan fingerprint density at radius 3 is 2.16 bits per heavy atom. The number of amidine groups is 1. The van der Waals surface area contributed by atoms with Crippen molar-refractivity contribution in [2.75, 3.05) is 7.05 Å². The number of hydrogen-bond acceptors (Lipinski definition) is 2. The van der Waals surface area contributed by atoms with E-state index in [9.17, 15) is 0 Å². The third-order valence-corrected chi connectivity index (χ3v) is 11.1. The molecule has 0 heterocycles. The molecule has 3 nitrogen and oxygen atoms in total. The van der Waals surface area contributed by atoms with Gasteiger partial charge in [-0.05, 0) is 125 Å². The molecule has 0 saturated heterocycles. The van der Waals surface area contributed by atoms with E-state index >= 15 is 0 Å². The van der Waals surface area contributed by atoms with Crippen molar-refractivity contribution in [2.45, 2.75) is 51.4 Å². The lowest BCUT2D eigenvalue weighted by molar-refractivity contribution is 0.658. The highest BCUT2D eigenvalue weighted by Gasteiger charge is 2.53. The van der Waals surface area contributed by atoms with Crippen molar-refractivity contribution in [2.24, 2.45) is 16.6 Å². The maximum absolute atomic E-state index is 6.75. The maximum Gasteiger partial charge on any atom is 0.127 e. The SMILES string of the molecule is C=CC(=C)C/C=C(\C=C(/N)c1ccc(C=C)c(C=C)c1)c1ccc(C23C/C=C\CC(/C(=C/Cc4ccc(C=C)c(C=C)c4)NC(=NC)/C(C)=C/C)=C\C2C3)cc1. The minimum atomic E-state index is 0.0516. The molecule has 1 fully saturated rings. The Morgan fingerprint density at radius 2 is 1.52 bits per heavy atom. The van der Waals surface area contributed by atoms with E-state index in [0.29, 0.717) is 18.0 Å². The third kappa shape index (κ3) is 9.54. The molecule has 0 amide bonds. The number of aliphatic imine (C=N–C) groups is 1. The molecule has 0 bridgehead atoms. The van der Waals surface area contributed by atoms with E-state index in [4.69, 9.17) is 5.73 Å². The highest BCUT2D eigenvalue weighted by atomic mass is 15.0. The van der Waals surface area contributed by atoms with Crippen LogP contribution in [0.5, 0.6) is 0 Å². The summed E-state index contributed by atoms with van der Waals surface area (Å²) in [6.45, 7) is 28.1. The lowest BCUT2D eigenvalue weighted by atomic mass is 9.86. The standard InChI is InChI=1S/C53H57N3/c1-10-37(7)19-22-45(35-50(54)46-25-24-41(13-4)43(15-6)33-46)44-26-28-48(29-27-44)53-31-17-16-18-47(34-49(53)36-53)51(56-52(55-9)38(8)11-2)30-21-39-20-23-40(12-3)42(14-5)32-39/h10-17,20,22-30,32-35,49H,1,3-7,18-19,21,31,36,54H2,2,8-9H3,(H,55,56)/b17-16-,38-11+,45-22+,47-34+,50-35-,51-30-. The summed E-state index contributed by atoms with van der Waals surface area (Å²) in [7, 11) is 1.85. The van der Waals surface area contributed by atoms with Crippen LogP contribution in [0.2, 0.25) is 0 Å². The molecule has 2 aliphatic rings. The van der Waals surface area contributed by atoms with Crippen LogP contribution in [0, 0.1) is 5.92 Å². The fraction of sp³-hybridized carbons (Fsp3) is 0.189. The predicted octanol–water partition coefficient (Wildman–Crippen LogP) is 13.0. The Balaban J connectivity index is 1.47. The van der Waals surface area contributed by atoms with Gasteiger partial charge in [0.25, 0.3) is 0 Å². The van der Waals surface area contributed by atoms with Crippen molar-refractivity contribution in [3.63, 3.8) is 0 Å². The summed E-state index contributed by atoms with van der Waals surface area (Å²) in [5.41, 5.74) is 21.8. The number of allylic oxidation sites excluding steroid dienone is 11. The second-order valence-corrected chi connectivity index (χ2v) is 14.6. The van der Waals surface area contributed by atoms with Crippen LogP contribution in [0.3, 0.4) is 0 Å². The Bertz CT molecular complexity index is 2240. The molecule has 0 spiro atoms. The summed E-state index contributed by atoms with van der Waals surface area (Å²) >= 11 is 0. The van der Waals surface area contributed by atoms with E-state index in [-0.39, 0.29) is 5.41 Å². The molecule has 5 rings (SSSR count). The number of benzene rings is 3. The monoisotopic (exact) mass is 735 g/mol. The number of nitrogens with one attached hydrogen (secondary N) is 1. The second kappa shape index (κ2) is 18.9. The Hall–Kier alpha value is -6.19. The fourth-order valence-electron chi connectivity index (χ4n) is 7.39.